The van der Waals surface area contributed by atoms with Crippen molar-refractivity contribution in [2.24, 2.45) is 0 Å². The number of amidine groups is 1. The third-order valence-corrected chi connectivity index (χ3v) is 6.80. The van der Waals surface area contributed by atoms with Crippen molar-refractivity contribution >= 4 is 35.0 Å². The van der Waals surface area contributed by atoms with Gasteiger partial charge in [0.05, 0.1) is 5.84 Å². The molecule has 0 saturated heterocycles. The zero-order valence-electron chi connectivity index (χ0n) is 22.7. The zero-order valence-corrected chi connectivity index (χ0v) is 22.7. The number of nitrogens with zero attached hydrogens (tertiary/aromatic N) is 1. The summed E-state index contributed by atoms with van der Waals surface area (Å²) in [5.41, 5.74) is 5.40. The molecule has 2 aromatic rings. The van der Waals surface area contributed by atoms with Gasteiger partial charge in [0.15, 0.2) is 0 Å². The SMILES string of the molecule is CCCCCC(=O)N1CCc2ccc(NC(C)=N)cc2C1C(=O)Nc1cc(C)c(OC(C)=O)c(C)c1C. The number of amides is 2. The lowest BCUT2D eigenvalue weighted by atomic mass is 9.90. The van der Waals surface area contributed by atoms with Gasteiger partial charge in [-0.05, 0) is 86.6 Å². The van der Waals surface area contributed by atoms with Crippen LogP contribution in [0, 0.1) is 26.2 Å². The van der Waals surface area contributed by atoms with E-state index in [9.17, 15) is 14.4 Å². The van der Waals surface area contributed by atoms with Crippen molar-refractivity contribution in [3.63, 3.8) is 0 Å². The minimum Gasteiger partial charge on any atom is -0.426 e. The lowest BCUT2D eigenvalue weighted by molar-refractivity contribution is -0.139. The van der Waals surface area contributed by atoms with E-state index in [0.717, 1.165) is 47.1 Å². The first kappa shape index (κ1) is 27.9. The minimum absolute atomic E-state index is 0.0323. The molecule has 1 aliphatic rings. The fraction of sp³-hybridized carbons (Fsp3) is 0.448. The number of unbranched alkanes of at least 4 members (excludes halogenated alkanes) is 2. The van der Waals surface area contributed by atoms with Crippen LogP contribution in [-0.4, -0.2) is 35.1 Å². The van der Waals surface area contributed by atoms with Gasteiger partial charge in [0, 0.05) is 31.3 Å². The van der Waals surface area contributed by atoms with Crippen LogP contribution in [0.4, 0.5) is 11.4 Å². The Morgan fingerprint density at radius 2 is 1.78 bits per heavy atom. The Morgan fingerprint density at radius 3 is 2.43 bits per heavy atom. The van der Waals surface area contributed by atoms with E-state index in [1.165, 1.54) is 6.92 Å². The van der Waals surface area contributed by atoms with Crippen molar-refractivity contribution in [2.45, 2.75) is 79.7 Å². The van der Waals surface area contributed by atoms with Gasteiger partial charge in [0.1, 0.15) is 11.8 Å². The van der Waals surface area contributed by atoms with Crippen molar-refractivity contribution in [1.82, 2.24) is 4.90 Å². The van der Waals surface area contributed by atoms with Crippen molar-refractivity contribution in [2.75, 3.05) is 17.2 Å². The van der Waals surface area contributed by atoms with Gasteiger partial charge < -0.3 is 20.3 Å². The van der Waals surface area contributed by atoms with Crippen molar-refractivity contribution in [3.8, 4) is 5.75 Å². The predicted octanol–water partition coefficient (Wildman–Crippen LogP) is 5.59. The lowest BCUT2D eigenvalue weighted by Gasteiger charge is -2.37. The second kappa shape index (κ2) is 12.0. The molecule has 2 aromatic carbocycles. The van der Waals surface area contributed by atoms with Gasteiger partial charge in [0.2, 0.25) is 5.91 Å². The van der Waals surface area contributed by atoms with Gasteiger partial charge in [-0.3, -0.25) is 19.8 Å². The van der Waals surface area contributed by atoms with Gasteiger partial charge in [-0.2, -0.15) is 0 Å². The molecule has 0 spiro atoms. The quantitative estimate of drug-likeness (QED) is 0.142. The van der Waals surface area contributed by atoms with E-state index < -0.39 is 12.0 Å². The first-order chi connectivity index (χ1) is 17.5. The van der Waals surface area contributed by atoms with Gasteiger partial charge in [-0.1, -0.05) is 25.8 Å². The molecule has 0 fully saturated rings. The highest BCUT2D eigenvalue weighted by molar-refractivity contribution is 6.00. The lowest BCUT2D eigenvalue weighted by Crippen LogP contribution is -2.45. The Hall–Kier alpha value is -3.68. The smallest absolute Gasteiger partial charge is 0.308 e. The predicted molar refractivity (Wildman–Crippen MR) is 146 cm³/mol. The van der Waals surface area contributed by atoms with Crippen LogP contribution in [-0.2, 0) is 20.8 Å². The van der Waals surface area contributed by atoms with Crippen LogP contribution in [0.25, 0.3) is 0 Å². The summed E-state index contributed by atoms with van der Waals surface area (Å²) in [6.45, 7) is 11.1. The Labute approximate surface area is 219 Å². The summed E-state index contributed by atoms with van der Waals surface area (Å²) in [6.07, 6.45) is 3.83. The second-order valence-corrected chi connectivity index (χ2v) is 9.76. The van der Waals surface area contributed by atoms with E-state index in [0.29, 0.717) is 42.3 Å². The average molecular weight is 507 g/mol. The summed E-state index contributed by atoms with van der Waals surface area (Å²) >= 11 is 0. The normalized spacial score (nSPS) is 14.5. The maximum Gasteiger partial charge on any atom is 0.308 e. The number of hydrogen-bond acceptors (Lipinski definition) is 5. The third kappa shape index (κ3) is 6.56. The number of ether oxygens (including phenoxy) is 1. The number of fused-ring (bicyclic) bond motifs is 1. The van der Waals surface area contributed by atoms with Gasteiger partial charge in [0.25, 0.3) is 5.91 Å². The summed E-state index contributed by atoms with van der Waals surface area (Å²) in [5.74, 6) is 0.0592. The minimum atomic E-state index is -0.793. The first-order valence-corrected chi connectivity index (χ1v) is 12.9. The number of carbonyl (C=O) groups is 3. The molecule has 0 aliphatic carbocycles. The number of nitrogens with one attached hydrogen (secondary N) is 3. The molecule has 0 radical (unpaired) electrons. The summed E-state index contributed by atoms with van der Waals surface area (Å²) in [5, 5.41) is 13.9. The van der Waals surface area contributed by atoms with E-state index in [1.807, 2.05) is 39.0 Å². The van der Waals surface area contributed by atoms with E-state index in [2.05, 4.69) is 17.6 Å². The van der Waals surface area contributed by atoms with Gasteiger partial charge in [-0.25, -0.2) is 0 Å². The summed E-state index contributed by atoms with van der Waals surface area (Å²) < 4.78 is 5.39. The van der Waals surface area contributed by atoms with Gasteiger partial charge in [-0.15, -0.1) is 0 Å². The fourth-order valence-corrected chi connectivity index (χ4v) is 4.82. The number of rotatable bonds is 8. The summed E-state index contributed by atoms with van der Waals surface area (Å²) in [4.78, 5) is 40.4. The Bertz CT molecular complexity index is 1220. The molecule has 3 rings (SSSR count). The average Bonchev–Trinajstić information content (AvgIpc) is 2.83. The number of esters is 1. The molecule has 1 atom stereocenters. The summed E-state index contributed by atoms with van der Waals surface area (Å²) in [6, 6.07) is 6.74. The highest BCUT2D eigenvalue weighted by Crippen LogP contribution is 2.36. The Balaban J connectivity index is 2.00. The van der Waals surface area contributed by atoms with E-state index in [-0.39, 0.29) is 11.8 Å². The fourth-order valence-electron chi connectivity index (χ4n) is 4.82. The standard InChI is InChI=1S/C29H38N4O4/c1-7-8-9-10-26(35)33-14-13-22-11-12-23(31-20(5)30)16-24(22)27(33)29(36)32-25-15-17(2)28(37-21(6)34)19(4)18(25)3/h11-12,15-16,27H,7-10,13-14H2,1-6H3,(H2,30,31)(H,32,36). The van der Waals surface area contributed by atoms with Crippen molar-refractivity contribution < 1.29 is 19.1 Å². The molecule has 3 N–H and O–H groups in total. The molecule has 8 nitrogen and oxygen atoms in total. The molecule has 0 saturated carbocycles. The third-order valence-electron chi connectivity index (χ3n) is 6.80. The number of benzene rings is 2. The number of carbonyl (C=O) groups excluding carboxylic acids is 3. The molecular formula is C29H38N4O4. The highest BCUT2D eigenvalue weighted by Gasteiger charge is 2.36. The largest absolute Gasteiger partial charge is 0.426 e. The van der Waals surface area contributed by atoms with E-state index in [1.54, 1.807) is 17.9 Å². The molecule has 2 amide bonds. The van der Waals surface area contributed by atoms with Crippen LogP contribution < -0.4 is 15.4 Å². The first-order valence-electron chi connectivity index (χ1n) is 12.9. The highest BCUT2D eigenvalue weighted by atomic mass is 16.5. The number of hydrogen-bond donors (Lipinski definition) is 3. The second-order valence-electron chi connectivity index (χ2n) is 9.76. The molecule has 198 valence electrons. The van der Waals surface area contributed by atoms with Crippen LogP contribution in [0.5, 0.6) is 5.75 Å². The van der Waals surface area contributed by atoms with Gasteiger partial charge >= 0.3 is 5.97 Å². The molecular weight excluding hydrogens is 468 g/mol. The Kier molecular flexibility index (Phi) is 9.08. The van der Waals surface area contributed by atoms with Crippen LogP contribution in [0.15, 0.2) is 24.3 Å². The zero-order chi connectivity index (χ0) is 27.3. The molecule has 8 heteroatoms. The van der Waals surface area contributed by atoms with Crippen LogP contribution >= 0.6 is 0 Å². The number of anilines is 2. The maximum atomic E-state index is 13.9. The van der Waals surface area contributed by atoms with Crippen molar-refractivity contribution in [3.05, 3.63) is 52.1 Å². The van der Waals surface area contributed by atoms with Crippen molar-refractivity contribution in [1.29, 1.82) is 5.41 Å². The summed E-state index contributed by atoms with van der Waals surface area (Å²) in [7, 11) is 0. The maximum absolute atomic E-state index is 13.9. The van der Waals surface area contributed by atoms with Crippen LogP contribution in [0.3, 0.4) is 0 Å². The van der Waals surface area contributed by atoms with E-state index in [4.69, 9.17) is 10.1 Å². The molecule has 0 bridgehead atoms. The Morgan fingerprint density at radius 1 is 1.05 bits per heavy atom. The molecule has 1 aliphatic heterocycles. The number of aryl methyl sites for hydroxylation is 1. The molecule has 1 heterocycles. The van der Waals surface area contributed by atoms with Crippen LogP contribution in [0.2, 0.25) is 0 Å². The monoisotopic (exact) mass is 506 g/mol. The van der Waals surface area contributed by atoms with Crippen LogP contribution in [0.1, 0.15) is 80.3 Å². The topological polar surface area (TPSA) is 112 Å². The molecule has 1 unspecified atom stereocenters. The van der Waals surface area contributed by atoms with E-state index >= 15 is 0 Å². The molecule has 37 heavy (non-hydrogen) atoms. The molecule has 0 aromatic heterocycles.